The van der Waals surface area contributed by atoms with Crippen LogP contribution in [-0.4, -0.2) is 39.6 Å². The normalized spacial score (nSPS) is 11.5. The lowest BCUT2D eigenvalue weighted by atomic mass is 10.2. The molecule has 1 aromatic rings. The number of benzene rings is 1. The standard InChI is InChI=1S/C13H21FN2O2S/c1-2-19(17,18)10-9-16(8-4-7-15)13-6-3-5-12(14)11-13/h3,5-6,11H,2,4,7-10,15H2,1H3. The van der Waals surface area contributed by atoms with Crippen LogP contribution >= 0.6 is 0 Å². The first kappa shape index (κ1) is 15.9. The molecule has 0 bridgehead atoms. The molecule has 0 saturated heterocycles. The lowest BCUT2D eigenvalue weighted by molar-refractivity contribution is 0.595. The van der Waals surface area contributed by atoms with Crippen molar-refractivity contribution in [2.24, 2.45) is 5.73 Å². The van der Waals surface area contributed by atoms with Crippen LogP contribution in [0.3, 0.4) is 0 Å². The molecule has 6 heteroatoms. The molecule has 2 N–H and O–H groups in total. The first-order chi connectivity index (χ1) is 8.98. The Labute approximate surface area is 114 Å². The van der Waals surface area contributed by atoms with Crippen LogP contribution in [0.25, 0.3) is 0 Å². The summed E-state index contributed by atoms with van der Waals surface area (Å²) in [5.41, 5.74) is 6.17. The first-order valence-electron chi connectivity index (χ1n) is 6.39. The zero-order chi connectivity index (χ0) is 14.3. The molecular weight excluding hydrogens is 267 g/mol. The van der Waals surface area contributed by atoms with Gasteiger partial charge in [-0.3, -0.25) is 0 Å². The Balaban J connectivity index is 2.77. The van der Waals surface area contributed by atoms with Crippen LogP contribution in [0.2, 0.25) is 0 Å². The molecule has 0 aliphatic heterocycles. The maximum absolute atomic E-state index is 13.2. The topological polar surface area (TPSA) is 63.4 Å². The van der Waals surface area contributed by atoms with Gasteiger partial charge in [-0.2, -0.15) is 0 Å². The maximum Gasteiger partial charge on any atom is 0.151 e. The molecule has 0 aliphatic carbocycles. The quantitative estimate of drug-likeness (QED) is 0.785. The van der Waals surface area contributed by atoms with E-state index >= 15 is 0 Å². The van der Waals surface area contributed by atoms with E-state index in [4.69, 9.17) is 5.73 Å². The second-order valence-electron chi connectivity index (χ2n) is 4.35. The fraction of sp³-hybridized carbons (Fsp3) is 0.538. The zero-order valence-electron chi connectivity index (χ0n) is 11.2. The zero-order valence-corrected chi connectivity index (χ0v) is 12.0. The summed E-state index contributed by atoms with van der Waals surface area (Å²) in [6.45, 7) is 3.13. The van der Waals surface area contributed by atoms with Crippen LogP contribution in [0.15, 0.2) is 24.3 Å². The van der Waals surface area contributed by atoms with Crippen molar-refractivity contribution in [2.75, 3.05) is 36.0 Å². The smallest absolute Gasteiger partial charge is 0.151 e. The Morgan fingerprint density at radius 1 is 1.32 bits per heavy atom. The molecule has 19 heavy (non-hydrogen) atoms. The van der Waals surface area contributed by atoms with Crippen LogP contribution in [-0.2, 0) is 9.84 Å². The van der Waals surface area contributed by atoms with Gasteiger partial charge < -0.3 is 10.6 Å². The number of rotatable bonds is 8. The highest BCUT2D eigenvalue weighted by molar-refractivity contribution is 7.91. The average Bonchev–Trinajstić information content (AvgIpc) is 2.39. The molecule has 4 nitrogen and oxygen atoms in total. The van der Waals surface area contributed by atoms with Crippen molar-refractivity contribution in [1.29, 1.82) is 0 Å². The van der Waals surface area contributed by atoms with Gasteiger partial charge in [0.25, 0.3) is 0 Å². The van der Waals surface area contributed by atoms with Crippen LogP contribution in [0, 0.1) is 5.82 Å². The molecule has 0 fully saturated rings. The second-order valence-corrected chi connectivity index (χ2v) is 6.82. The van der Waals surface area contributed by atoms with Gasteiger partial charge in [0.2, 0.25) is 0 Å². The third-order valence-electron chi connectivity index (χ3n) is 2.92. The monoisotopic (exact) mass is 288 g/mol. The van der Waals surface area contributed by atoms with Crippen molar-refractivity contribution in [3.63, 3.8) is 0 Å². The molecule has 1 aromatic carbocycles. The number of nitrogens with zero attached hydrogens (tertiary/aromatic N) is 1. The number of sulfone groups is 1. The molecular formula is C13H21FN2O2S. The van der Waals surface area contributed by atoms with Crippen molar-refractivity contribution < 1.29 is 12.8 Å². The van der Waals surface area contributed by atoms with Crippen molar-refractivity contribution in [3.05, 3.63) is 30.1 Å². The van der Waals surface area contributed by atoms with Crippen molar-refractivity contribution in [1.82, 2.24) is 0 Å². The molecule has 0 unspecified atom stereocenters. The predicted molar refractivity (Wildman–Crippen MR) is 76.6 cm³/mol. The third-order valence-corrected chi connectivity index (χ3v) is 4.60. The Kier molecular flexibility index (Phi) is 6.24. The van der Waals surface area contributed by atoms with Gasteiger partial charge in [-0.25, -0.2) is 12.8 Å². The van der Waals surface area contributed by atoms with E-state index in [0.29, 0.717) is 25.3 Å². The van der Waals surface area contributed by atoms with Crippen molar-refractivity contribution in [2.45, 2.75) is 13.3 Å². The minimum atomic E-state index is -3.02. The number of hydrogen-bond acceptors (Lipinski definition) is 4. The Hall–Kier alpha value is -1.14. The minimum Gasteiger partial charge on any atom is -0.370 e. The van der Waals surface area contributed by atoms with E-state index in [2.05, 4.69) is 0 Å². The summed E-state index contributed by atoms with van der Waals surface area (Å²) in [7, 11) is -3.02. The second kappa shape index (κ2) is 7.45. The Bertz CT molecular complexity index is 491. The van der Waals surface area contributed by atoms with Gasteiger partial charge in [0.1, 0.15) is 5.82 Å². The third kappa shape index (κ3) is 5.57. The van der Waals surface area contributed by atoms with Crippen molar-refractivity contribution >= 4 is 15.5 Å². The first-order valence-corrected chi connectivity index (χ1v) is 8.21. The van der Waals surface area contributed by atoms with Crippen LogP contribution < -0.4 is 10.6 Å². The van der Waals surface area contributed by atoms with E-state index in [9.17, 15) is 12.8 Å². The van der Waals surface area contributed by atoms with Crippen LogP contribution in [0.1, 0.15) is 13.3 Å². The molecule has 0 atom stereocenters. The molecule has 0 saturated carbocycles. The molecule has 1 rings (SSSR count). The molecule has 0 aliphatic rings. The number of hydrogen-bond donors (Lipinski definition) is 1. The predicted octanol–water partition coefficient (Wildman–Crippen LogP) is 1.42. The van der Waals surface area contributed by atoms with Gasteiger partial charge in [-0.05, 0) is 31.2 Å². The number of anilines is 1. The fourth-order valence-corrected chi connectivity index (χ4v) is 2.51. The van der Waals surface area contributed by atoms with Crippen molar-refractivity contribution in [3.8, 4) is 0 Å². The van der Waals surface area contributed by atoms with Crippen LogP contribution in [0.5, 0.6) is 0 Å². The number of halogens is 1. The average molecular weight is 288 g/mol. The summed E-state index contributed by atoms with van der Waals surface area (Å²) in [6.07, 6.45) is 0.739. The van der Waals surface area contributed by atoms with E-state index in [0.717, 1.165) is 6.42 Å². The minimum absolute atomic E-state index is 0.0740. The highest BCUT2D eigenvalue weighted by Gasteiger charge is 2.12. The lowest BCUT2D eigenvalue weighted by Gasteiger charge is -2.24. The highest BCUT2D eigenvalue weighted by Crippen LogP contribution is 2.16. The summed E-state index contributed by atoms with van der Waals surface area (Å²) in [5.74, 6) is -0.126. The van der Waals surface area contributed by atoms with E-state index in [1.807, 2.05) is 4.90 Å². The van der Waals surface area contributed by atoms with Crippen LogP contribution in [0.4, 0.5) is 10.1 Å². The molecule has 0 aromatic heterocycles. The highest BCUT2D eigenvalue weighted by atomic mass is 32.2. The molecule has 0 heterocycles. The van der Waals surface area contributed by atoms with E-state index in [-0.39, 0.29) is 17.3 Å². The summed E-state index contributed by atoms with van der Waals surface area (Å²) in [4.78, 5) is 1.86. The summed E-state index contributed by atoms with van der Waals surface area (Å²) >= 11 is 0. The van der Waals surface area contributed by atoms with E-state index in [1.165, 1.54) is 12.1 Å². The van der Waals surface area contributed by atoms with Gasteiger partial charge in [0.05, 0.1) is 5.75 Å². The van der Waals surface area contributed by atoms with E-state index in [1.54, 1.807) is 19.1 Å². The lowest BCUT2D eigenvalue weighted by Crippen LogP contribution is -2.31. The van der Waals surface area contributed by atoms with Gasteiger partial charge >= 0.3 is 0 Å². The SMILES string of the molecule is CCS(=O)(=O)CCN(CCCN)c1cccc(F)c1. The fourth-order valence-electron chi connectivity index (χ4n) is 1.72. The van der Waals surface area contributed by atoms with Gasteiger partial charge in [0, 0.05) is 24.5 Å². The van der Waals surface area contributed by atoms with Gasteiger partial charge in [0.15, 0.2) is 9.84 Å². The maximum atomic E-state index is 13.2. The molecule has 0 spiro atoms. The Morgan fingerprint density at radius 2 is 2.05 bits per heavy atom. The summed E-state index contributed by atoms with van der Waals surface area (Å²) in [5, 5.41) is 0. The van der Waals surface area contributed by atoms with E-state index < -0.39 is 9.84 Å². The molecule has 108 valence electrons. The van der Waals surface area contributed by atoms with Gasteiger partial charge in [-0.15, -0.1) is 0 Å². The molecule has 0 radical (unpaired) electrons. The molecule has 0 amide bonds. The Morgan fingerprint density at radius 3 is 2.63 bits per heavy atom. The summed E-state index contributed by atoms with van der Waals surface area (Å²) < 4.78 is 36.3. The largest absolute Gasteiger partial charge is 0.370 e. The summed E-state index contributed by atoms with van der Waals surface area (Å²) in [6, 6.07) is 6.18. The van der Waals surface area contributed by atoms with Gasteiger partial charge in [-0.1, -0.05) is 13.0 Å². The number of nitrogens with two attached hydrogens (primary N) is 1.